The number of rotatable bonds is 5. The first-order valence-corrected chi connectivity index (χ1v) is 7.00. The molecule has 1 saturated heterocycles. The molecule has 2 fully saturated rings. The van der Waals surface area contributed by atoms with E-state index in [0.717, 1.165) is 12.8 Å². The van der Waals surface area contributed by atoms with E-state index in [2.05, 4.69) is 0 Å². The molecule has 0 bridgehead atoms. The van der Waals surface area contributed by atoms with Crippen LogP contribution in [0.4, 0.5) is 0 Å². The average molecular weight is 270 g/mol. The van der Waals surface area contributed by atoms with Gasteiger partial charge in [0.05, 0.1) is 0 Å². The predicted octanol–water partition coefficient (Wildman–Crippen LogP) is 0.785. The fourth-order valence-corrected chi connectivity index (χ4v) is 2.73. The Labute approximate surface area is 113 Å². The lowest BCUT2D eigenvalue weighted by Gasteiger charge is -2.18. The minimum absolute atomic E-state index is 0.317. The number of allylic oxidation sites excluding steroid dienone is 1. The van der Waals surface area contributed by atoms with E-state index in [1.807, 2.05) is 6.08 Å². The Hall–Kier alpha value is -0.910. The molecule has 5 heteroatoms. The Balaban J connectivity index is 1.91. The minimum Gasteiger partial charge on any atom is -0.454 e. The van der Waals surface area contributed by atoms with Gasteiger partial charge in [-0.15, -0.1) is 0 Å². The van der Waals surface area contributed by atoms with Gasteiger partial charge in [-0.2, -0.15) is 0 Å². The quantitative estimate of drug-likeness (QED) is 0.570. The van der Waals surface area contributed by atoms with Crippen LogP contribution in [0.5, 0.6) is 0 Å². The summed E-state index contributed by atoms with van der Waals surface area (Å²) in [5.41, 5.74) is 0. The molecule has 0 amide bonds. The van der Waals surface area contributed by atoms with Crippen LogP contribution >= 0.6 is 0 Å². The van der Waals surface area contributed by atoms with Gasteiger partial charge in [-0.25, -0.2) is 4.79 Å². The fourth-order valence-electron chi connectivity index (χ4n) is 2.73. The van der Waals surface area contributed by atoms with Crippen molar-refractivity contribution in [3.8, 4) is 0 Å². The summed E-state index contributed by atoms with van der Waals surface area (Å²) in [7, 11) is 0. The number of carbonyl (C=O) groups excluding carboxylic acids is 1. The van der Waals surface area contributed by atoms with Gasteiger partial charge in [-0.3, -0.25) is 0 Å². The predicted molar refractivity (Wildman–Crippen MR) is 68.4 cm³/mol. The lowest BCUT2D eigenvalue weighted by atomic mass is 10.0. The van der Waals surface area contributed by atoms with Crippen molar-refractivity contribution in [1.29, 1.82) is 0 Å². The number of cyclic esters (lactones) is 1. The lowest BCUT2D eigenvalue weighted by Crippen LogP contribution is -2.39. The number of carbonyl (C=O) groups is 1. The Morgan fingerprint density at radius 3 is 2.79 bits per heavy atom. The summed E-state index contributed by atoms with van der Waals surface area (Å²) in [5, 5.41) is 20.0. The first-order valence-electron chi connectivity index (χ1n) is 7.00. The molecule has 2 rings (SSSR count). The summed E-state index contributed by atoms with van der Waals surface area (Å²) in [6.45, 7) is 2.06. The summed E-state index contributed by atoms with van der Waals surface area (Å²) in [6.07, 6.45) is 4.30. The number of ether oxygens (including phenoxy) is 2. The maximum Gasteiger partial charge on any atom is 0.338 e. The molecular weight excluding hydrogens is 248 g/mol. The monoisotopic (exact) mass is 270 g/mol. The second-order valence-electron chi connectivity index (χ2n) is 5.19. The normalized spacial score (nSPS) is 34.1. The van der Waals surface area contributed by atoms with E-state index >= 15 is 0 Å². The molecule has 0 radical (unpaired) electrons. The van der Waals surface area contributed by atoms with E-state index in [1.54, 1.807) is 13.0 Å². The maximum atomic E-state index is 11.5. The van der Waals surface area contributed by atoms with Gasteiger partial charge >= 0.3 is 5.97 Å². The molecule has 4 atom stereocenters. The fraction of sp³-hybridized carbons (Fsp3) is 0.786. The zero-order valence-corrected chi connectivity index (χ0v) is 11.2. The molecule has 5 nitrogen and oxygen atoms in total. The van der Waals surface area contributed by atoms with Crippen molar-refractivity contribution in [2.45, 2.75) is 57.0 Å². The van der Waals surface area contributed by atoms with Crippen LogP contribution in [0.1, 0.15) is 32.6 Å². The van der Waals surface area contributed by atoms with Gasteiger partial charge in [0.2, 0.25) is 0 Å². The van der Waals surface area contributed by atoms with Crippen molar-refractivity contribution in [3.63, 3.8) is 0 Å². The largest absolute Gasteiger partial charge is 0.454 e. The van der Waals surface area contributed by atoms with Crippen LogP contribution in [0, 0.1) is 5.92 Å². The third kappa shape index (κ3) is 3.35. The Morgan fingerprint density at radius 1 is 1.47 bits per heavy atom. The highest BCUT2D eigenvalue weighted by Gasteiger charge is 2.47. The Kier molecular flexibility index (Phi) is 4.96. The molecule has 0 spiro atoms. The summed E-state index contributed by atoms with van der Waals surface area (Å²) in [6, 6.07) is 0. The van der Waals surface area contributed by atoms with Crippen molar-refractivity contribution in [2.75, 3.05) is 6.61 Å². The Bertz CT molecular complexity index is 335. The summed E-state index contributed by atoms with van der Waals surface area (Å²) < 4.78 is 10.1. The first-order chi connectivity index (χ1) is 9.13. The zero-order valence-electron chi connectivity index (χ0n) is 11.2. The third-order valence-corrected chi connectivity index (χ3v) is 3.79. The molecule has 0 aromatic rings. The molecule has 0 unspecified atom stereocenters. The van der Waals surface area contributed by atoms with Crippen molar-refractivity contribution in [1.82, 2.24) is 0 Å². The maximum absolute atomic E-state index is 11.5. The summed E-state index contributed by atoms with van der Waals surface area (Å²) >= 11 is 0. The first kappa shape index (κ1) is 14.5. The van der Waals surface area contributed by atoms with Crippen LogP contribution in [0.15, 0.2) is 12.2 Å². The molecule has 1 heterocycles. The van der Waals surface area contributed by atoms with Gasteiger partial charge in [-0.05, 0) is 25.7 Å². The number of hydrogen-bond donors (Lipinski definition) is 2. The second-order valence-corrected chi connectivity index (χ2v) is 5.19. The van der Waals surface area contributed by atoms with Crippen molar-refractivity contribution in [2.24, 2.45) is 5.92 Å². The standard InChI is InChI=1S/C14H22O5/c1-2-18-13-11(16)12(19-14(13)17)10(15)8-7-9-5-3-4-6-9/h7-13,15-16H,2-6H2,1H3/t10-,11-,12+,13-/m1/s1. The minimum atomic E-state index is -1.12. The number of hydrogen-bond acceptors (Lipinski definition) is 5. The van der Waals surface area contributed by atoms with Crippen molar-refractivity contribution >= 4 is 5.97 Å². The van der Waals surface area contributed by atoms with Crippen LogP contribution < -0.4 is 0 Å². The molecule has 2 N–H and O–H groups in total. The van der Waals surface area contributed by atoms with E-state index in [-0.39, 0.29) is 0 Å². The van der Waals surface area contributed by atoms with Gasteiger partial charge in [-0.1, -0.05) is 25.0 Å². The van der Waals surface area contributed by atoms with Crippen LogP contribution in [-0.4, -0.2) is 47.2 Å². The zero-order chi connectivity index (χ0) is 13.8. The molecular formula is C14H22O5. The molecule has 1 saturated carbocycles. The smallest absolute Gasteiger partial charge is 0.338 e. The summed E-state index contributed by atoms with van der Waals surface area (Å²) in [4.78, 5) is 11.5. The van der Waals surface area contributed by atoms with Crippen LogP contribution in [0.2, 0.25) is 0 Å². The van der Waals surface area contributed by atoms with Crippen LogP contribution in [0.3, 0.4) is 0 Å². The molecule has 0 aromatic heterocycles. The van der Waals surface area contributed by atoms with Crippen molar-refractivity contribution in [3.05, 3.63) is 12.2 Å². The molecule has 0 aromatic carbocycles. The molecule has 1 aliphatic carbocycles. The second kappa shape index (κ2) is 6.50. The highest BCUT2D eigenvalue weighted by atomic mass is 16.6. The average Bonchev–Trinajstić information content (AvgIpc) is 2.99. The highest BCUT2D eigenvalue weighted by molar-refractivity contribution is 5.78. The van der Waals surface area contributed by atoms with Gasteiger partial charge in [0.25, 0.3) is 0 Å². The third-order valence-electron chi connectivity index (χ3n) is 3.79. The number of esters is 1. The van der Waals surface area contributed by atoms with Gasteiger partial charge in [0.15, 0.2) is 12.2 Å². The molecule has 108 valence electrons. The van der Waals surface area contributed by atoms with Gasteiger partial charge < -0.3 is 19.7 Å². The van der Waals surface area contributed by atoms with E-state index in [4.69, 9.17) is 9.47 Å². The number of aliphatic hydroxyl groups excluding tert-OH is 2. The van der Waals surface area contributed by atoms with E-state index in [9.17, 15) is 15.0 Å². The van der Waals surface area contributed by atoms with E-state index < -0.39 is 30.4 Å². The molecule has 2 aliphatic rings. The van der Waals surface area contributed by atoms with Crippen LogP contribution in [0.25, 0.3) is 0 Å². The number of aliphatic hydroxyl groups is 2. The lowest BCUT2D eigenvalue weighted by molar-refractivity contribution is -0.151. The van der Waals surface area contributed by atoms with E-state index in [1.165, 1.54) is 12.8 Å². The van der Waals surface area contributed by atoms with E-state index in [0.29, 0.717) is 12.5 Å². The van der Waals surface area contributed by atoms with Gasteiger partial charge in [0.1, 0.15) is 12.2 Å². The topological polar surface area (TPSA) is 76.0 Å². The van der Waals surface area contributed by atoms with Crippen LogP contribution in [-0.2, 0) is 14.3 Å². The van der Waals surface area contributed by atoms with Gasteiger partial charge in [0, 0.05) is 6.61 Å². The SMILES string of the molecule is CCO[C@H]1C(=O)O[C@@H]([C@H](O)C=CC2CCCC2)[C@H]1O. The Morgan fingerprint density at radius 2 is 2.16 bits per heavy atom. The molecule has 19 heavy (non-hydrogen) atoms. The highest BCUT2D eigenvalue weighted by Crippen LogP contribution is 2.27. The van der Waals surface area contributed by atoms with Crippen molar-refractivity contribution < 1.29 is 24.5 Å². The summed E-state index contributed by atoms with van der Waals surface area (Å²) in [5.74, 6) is -0.112. The molecule has 1 aliphatic heterocycles.